The van der Waals surface area contributed by atoms with Gasteiger partial charge in [-0.25, -0.2) is 4.57 Å². The van der Waals surface area contributed by atoms with Crippen LogP contribution in [0, 0.1) is 0 Å². The number of ether oxygens (including phenoxy) is 2. The average Bonchev–Trinajstić information content (AvgIpc) is 3.34. The lowest BCUT2D eigenvalue weighted by molar-refractivity contribution is -0.870. The number of phosphoric acid groups is 1. The molecule has 2 atom stereocenters. The first-order valence-electron chi connectivity index (χ1n) is 29.3. The summed E-state index contributed by atoms with van der Waals surface area (Å²) in [6, 6.07) is 0. The van der Waals surface area contributed by atoms with Crippen molar-refractivity contribution in [1.29, 1.82) is 0 Å². The molecular formula is C62H111NO8P+. The van der Waals surface area contributed by atoms with Crippen molar-refractivity contribution in [3.8, 4) is 0 Å². The summed E-state index contributed by atoms with van der Waals surface area (Å²) < 4.78 is 34.6. The summed E-state index contributed by atoms with van der Waals surface area (Å²) in [4.78, 5) is 35.7. The van der Waals surface area contributed by atoms with E-state index >= 15 is 0 Å². The molecule has 0 heterocycles. The average molecular weight is 1030 g/mol. The summed E-state index contributed by atoms with van der Waals surface area (Å²) in [5.74, 6) is -0.810. The summed E-state index contributed by atoms with van der Waals surface area (Å²) >= 11 is 0. The molecule has 1 N–H and O–H groups in total. The van der Waals surface area contributed by atoms with Gasteiger partial charge in [-0.1, -0.05) is 227 Å². The number of carbonyl (C=O) groups is 2. The van der Waals surface area contributed by atoms with E-state index in [2.05, 4.69) is 98.9 Å². The number of allylic oxidation sites excluding steroid dienone is 14. The monoisotopic (exact) mass is 1030 g/mol. The van der Waals surface area contributed by atoms with Gasteiger partial charge in [0.1, 0.15) is 19.8 Å². The number of unbranched alkanes of at least 4 members (excludes halogenated alkanes) is 25. The van der Waals surface area contributed by atoms with Crippen molar-refractivity contribution in [3.05, 3.63) is 85.1 Å². The van der Waals surface area contributed by atoms with Crippen molar-refractivity contribution in [1.82, 2.24) is 0 Å². The smallest absolute Gasteiger partial charge is 0.462 e. The Morgan fingerprint density at radius 3 is 1.18 bits per heavy atom. The zero-order valence-electron chi connectivity index (χ0n) is 47.1. The van der Waals surface area contributed by atoms with Gasteiger partial charge >= 0.3 is 19.8 Å². The lowest BCUT2D eigenvalue weighted by atomic mass is 10.0. The molecule has 0 rings (SSSR count). The Kier molecular flexibility index (Phi) is 51.0. The number of hydrogen-bond acceptors (Lipinski definition) is 7. The molecular weight excluding hydrogens is 918 g/mol. The molecule has 2 unspecified atom stereocenters. The fourth-order valence-corrected chi connectivity index (χ4v) is 8.64. The highest BCUT2D eigenvalue weighted by molar-refractivity contribution is 7.47. The standard InChI is InChI=1S/C62H110NO8P/c1-6-8-10-12-14-16-18-20-22-24-26-27-28-29-30-31-32-33-34-35-37-39-41-43-45-47-49-51-53-55-62(65)71-60(59-70-72(66,67)69-57-56-63(3,4)5)58-68-61(64)54-52-50-48-46-44-42-40-38-36-25-23-21-19-17-15-13-11-9-7-2/h8,10,14-17,20-23,26-27,36,38,60H,6-7,9,11-13,18-19,24-25,28-35,37,39-59H2,1-5H3/p+1/b10-8-,16-14-,17-15-,22-20-,23-21-,27-26-,38-36-. The SMILES string of the molecule is CC/C=C\C/C=C\C/C=C\C/C=C\CCCCCCCCCCCCCCCCCCC(=O)OC(COC(=O)CCCCCCCC/C=C\C/C=C\C/C=C\CCCCC)COP(=O)(O)OCC[N+](C)(C)C. The van der Waals surface area contributed by atoms with Crippen LogP contribution in [0.1, 0.15) is 245 Å². The molecule has 0 spiro atoms. The molecule has 0 amide bonds. The molecule has 0 aliphatic heterocycles. The predicted octanol–water partition coefficient (Wildman–Crippen LogP) is 18.3. The predicted molar refractivity (Wildman–Crippen MR) is 307 cm³/mol. The Morgan fingerprint density at radius 2 is 0.792 bits per heavy atom. The van der Waals surface area contributed by atoms with Crippen LogP contribution in [-0.2, 0) is 32.7 Å². The second kappa shape index (κ2) is 53.0. The third-order valence-corrected chi connectivity index (χ3v) is 13.4. The molecule has 0 aromatic rings. The van der Waals surface area contributed by atoms with Gasteiger partial charge in [0, 0.05) is 12.8 Å². The molecule has 0 saturated carbocycles. The molecule has 0 aliphatic rings. The lowest BCUT2D eigenvalue weighted by Gasteiger charge is -2.24. The third kappa shape index (κ3) is 56.5. The minimum atomic E-state index is -4.39. The number of esters is 2. The van der Waals surface area contributed by atoms with E-state index in [1.54, 1.807) is 0 Å². The fourth-order valence-electron chi connectivity index (χ4n) is 7.90. The van der Waals surface area contributed by atoms with Crippen molar-refractivity contribution in [2.24, 2.45) is 0 Å². The van der Waals surface area contributed by atoms with Gasteiger partial charge in [-0.2, -0.15) is 0 Å². The van der Waals surface area contributed by atoms with Crippen LogP contribution in [0.25, 0.3) is 0 Å². The molecule has 0 radical (unpaired) electrons. The van der Waals surface area contributed by atoms with Crippen LogP contribution in [0.3, 0.4) is 0 Å². The zero-order chi connectivity index (χ0) is 52.7. The summed E-state index contributed by atoms with van der Waals surface area (Å²) in [5.41, 5.74) is 0. The van der Waals surface area contributed by atoms with E-state index in [9.17, 15) is 19.0 Å². The van der Waals surface area contributed by atoms with Gasteiger partial charge in [-0.05, 0) is 89.9 Å². The van der Waals surface area contributed by atoms with Gasteiger partial charge in [0.2, 0.25) is 0 Å². The molecule has 0 bridgehead atoms. The largest absolute Gasteiger partial charge is 0.472 e. The van der Waals surface area contributed by atoms with Crippen molar-refractivity contribution in [3.63, 3.8) is 0 Å². The van der Waals surface area contributed by atoms with E-state index in [4.69, 9.17) is 18.5 Å². The highest BCUT2D eigenvalue weighted by Gasteiger charge is 2.27. The number of rotatable bonds is 53. The maximum absolute atomic E-state index is 12.8. The van der Waals surface area contributed by atoms with E-state index in [-0.39, 0.29) is 32.0 Å². The van der Waals surface area contributed by atoms with E-state index in [1.807, 2.05) is 21.1 Å². The van der Waals surface area contributed by atoms with Gasteiger partial charge in [0.15, 0.2) is 6.10 Å². The van der Waals surface area contributed by atoms with Gasteiger partial charge in [-0.3, -0.25) is 18.6 Å². The van der Waals surface area contributed by atoms with Crippen molar-refractivity contribution >= 4 is 19.8 Å². The summed E-state index contributed by atoms with van der Waals surface area (Å²) in [6.45, 7) is 4.29. The topological polar surface area (TPSA) is 108 Å². The minimum Gasteiger partial charge on any atom is -0.462 e. The maximum atomic E-state index is 12.8. The van der Waals surface area contributed by atoms with Gasteiger partial charge < -0.3 is 18.9 Å². The molecule has 72 heavy (non-hydrogen) atoms. The van der Waals surface area contributed by atoms with Crippen LogP contribution >= 0.6 is 7.82 Å². The summed E-state index contributed by atoms with van der Waals surface area (Å²) in [5, 5.41) is 0. The van der Waals surface area contributed by atoms with E-state index in [0.717, 1.165) is 89.9 Å². The highest BCUT2D eigenvalue weighted by atomic mass is 31.2. The lowest BCUT2D eigenvalue weighted by Crippen LogP contribution is -2.37. The van der Waals surface area contributed by atoms with Crippen LogP contribution in [0.5, 0.6) is 0 Å². The minimum absolute atomic E-state index is 0.0267. The summed E-state index contributed by atoms with van der Waals surface area (Å²) in [7, 11) is 1.47. The Labute approximate surface area is 443 Å². The first-order chi connectivity index (χ1) is 35.0. The number of likely N-dealkylation sites (N-methyl/N-ethyl adjacent to an activating group) is 1. The second-order valence-corrected chi connectivity index (χ2v) is 22.1. The Hall–Kier alpha value is -2.81. The number of nitrogens with zero attached hydrogens (tertiary/aromatic N) is 1. The van der Waals surface area contributed by atoms with E-state index < -0.39 is 26.5 Å². The first kappa shape index (κ1) is 69.2. The van der Waals surface area contributed by atoms with Crippen molar-refractivity contribution in [2.75, 3.05) is 47.5 Å². The zero-order valence-corrected chi connectivity index (χ0v) is 48.0. The third-order valence-electron chi connectivity index (χ3n) is 12.4. The molecule has 416 valence electrons. The van der Waals surface area contributed by atoms with Gasteiger partial charge in [0.05, 0.1) is 27.7 Å². The van der Waals surface area contributed by atoms with Crippen LogP contribution < -0.4 is 0 Å². The Balaban J connectivity index is 4.14. The van der Waals surface area contributed by atoms with Crippen molar-refractivity contribution < 1.29 is 42.1 Å². The molecule has 0 aromatic heterocycles. The molecule has 0 aliphatic carbocycles. The molecule has 0 aromatic carbocycles. The van der Waals surface area contributed by atoms with Gasteiger partial charge in [-0.15, -0.1) is 0 Å². The number of quaternary nitrogens is 1. The number of hydrogen-bond donors (Lipinski definition) is 1. The van der Waals surface area contributed by atoms with Crippen molar-refractivity contribution in [2.45, 2.75) is 251 Å². The highest BCUT2D eigenvalue weighted by Crippen LogP contribution is 2.43. The van der Waals surface area contributed by atoms with Crippen LogP contribution in [0.15, 0.2) is 85.1 Å². The van der Waals surface area contributed by atoms with E-state index in [0.29, 0.717) is 17.4 Å². The molecule has 0 fully saturated rings. The second-order valence-electron chi connectivity index (χ2n) is 20.6. The molecule has 9 nitrogen and oxygen atoms in total. The molecule has 10 heteroatoms. The van der Waals surface area contributed by atoms with E-state index in [1.165, 1.54) is 122 Å². The summed E-state index contributed by atoms with van der Waals surface area (Å²) in [6.07, 6.45) is 70.8. The maximum Gasteiger partial charge on any atom is 0.472 e. The number of phosphoric ester groups is 1. The van der Waals surface area contributed by atoms with Crippen LogP contribution in [0.2, 0.25) is 0 Å². The van der Waals surface area contributed by atoms with Crippen LogP contribution in [0.4, 0.5) is 0 Å². The van der Waals surface area contributed by atoms with Gasteiger partial charge in [0.25, 0.3) is 0 Å². The fraction of sp³-hybridized carbons (Fsp3) is 0.742. The quantitative estimate of drug-likeness (QED) is 0.0211. The normalized spacial score (nSPS) is 13.9. The van der Waals surface area contributed by atoms with Crippen LogP contribution in [-0.4, -0.2) is 74.9 Å². The number of carbonyl (C=O) groups excluding carboxylic acids is 2. The first-order valence-corrected chi connectivity index (χ1v) is 30.8. The Bertz CT molecular complexity index is 1490. The molecule has 0 saturated heterocycles. The Morgan fingerprint density at radius 1 is 0.444 bits per heavy atom.